The molecular weight excluding hydrogens is 448 g/mol. The number of carboxylic acid groups (broad SMARTS) is 2. The van der Waals surface area contributed by atoms with E-state index in [1.165, 1.54) is 0 Å². The summed E-state index contributed by atoms with van der Waals surface area (Å²) in [6, 6.07) is 0. The van der Waals surface area contributed by atoms with Crippen molar-refractivity contribution in [3.05, 3.63) is 0 Å². The summed E-state index contributed by atoms with van der Waals surface area (Å²) < 4.78 is 36.3. The second-order valence-electron chi connectivity index (χ2n) is 6.27. The monoisotopic (exact) mass is 482 g/mol. The predicted octanol–water partition coefficient (Wildman–Crippen LogP) is -0.462. The summed E-state index contributed by atoms with van der Waals surface area (Å²) >= 11 is 0. The highest BCUT2D eigenvalue weighted by molar-refractivity contribution is 6.32. The number of Topliss-reactive ketones (excluding diaryl/α,β-unsaturated/α-hetero) is 1. The van der Waals surface area contributed by atoms with Gasteiger partial charge in [0.25, 0.3) is 0 Å². The number of aliphatic carboxylic acids is 2. The number of ether oxygens (including phenoxy) is 7. The SMILES string of the molecule is O=C(O)CCOCCOCCOCCOCCOCCOCCOC(=O)CCC(=O)C(=O)O. The molecule has 0 saturated heterocycles. The topological polar surface area (TPSA) is 173 Å². The normalized spacial score (nSPS) is 10.8. The molecule has 0 aromatic rings. The summed E-state index contributed by atoms with van der Waals surface area (Å²) in [5.74, 6) is -4.15. The van der Waals surface area contributed by atoms with Crippen LogP contribution >= 0.6 is 0 Å². The van der Waals surface area contributed by atoms with Gasteiger partial charge in [-0.1, -0.05) is 0 Å². The largest absolute Gasteiger partial charge is 0.481 e. The first kappa shape index (κ1) is 30.8. The van der Waals surface area contributed by atoms with Crippen molar-refractivity contribution in [1.82, 2.24) is 0 Å². The molecule has 0 radical (unpaired) electrons. The maximum atomic E-state index is 11.3. The fraction of sp³-hybridized carbons (Fsp3) is 0.800. The Morgan fingerprint density at radius 2 is 0.818 bits per heavy atom. The van der Waals surface area contributed by atoms with E-state index in [0.717, 1.165) is 0 Å². The lowest BCUT2D eigenvalue weighted by molar-refractivity contribution is -0.151. The van der Waals surface area contributed by atoms with Gasteiger partial charge in [0.15, 0.2) is 0 Å². The molecule has 0 heterocycles. The van der Waals surface area contributed by atoms with Gasteiger partial charge in [0.05, 0.1) is 92.1 Å². The van der Waals surface area contributed by atoms with Gasteiger partial charge in [0, 0.05) is 6.42 Å². The minimum atomic E-state index is -1.57. The van der Waals surface area contributed by atoms with E-state index < -0.39 is 23.7 Å². The molecule has 0 atom stereocenters. The van der Waals surface area contributed by atoms with E-state index in [-0.39, 0.29) is 39.1 Å². The summed E-state index contributed by atoms with van der Waals surface area (Å²) in [6.07, 6.45) is -0.688. The number of rotatable bonds is 25. The third kappa shape index (κ3) is 24.3. The molecular formula is C20H34O13. The van der Waals surface area contributed by atoms with Gasteiger partial charge in [-0.25, -0.2) is 4.79 Å². The Morgan fingerprint density at radius 3 is 1.18 bits per heavy atom. The minimum Gasteiger partial charge on any atom is -0.481 e. The van der Waals surface area contributed by atoms with Gasteiger partial charge in [-0.3, -0.25) is 14.4 Å². The smallest absolute Gasteiger partial charge is 0.372 e. The van der Waals surface area contributed by atoms with E-state index in [9.17, 15) is 19.2 Å². The number of carbonyl (C=O) groups excluding carboxylic acids is 2. The Balaban J connectivity index is 3.17. The van der Waals surface area contributed by atoms with E-state index in [1.807, 2.05) is 0 Å². The molecule has 0 bridgehead atoms. The number of esters is 1. The first-order chi connectivity index (χ1) is 15.9. The van der Waals surface area contributed by atoms with E-state index in [1.54, 1.807) is 0 Å². The predicted molar refractivity (Wildman–Crippen MR) is 110 cm³/mol. The summed E-state index contributed by atoms with van der Waals surface area (Å²) in [6.45, 7) is 4.18. The first-order valence-electron chi connectivity index (χ1n) is 10.5. The van der Waals surface area contributed by atoms with Crippen LogP contribution in [0, 0.1) is 0 Å². The van der Waals surface area contributed by atoms with Gasteiger partial charge in [0.1, 0.15) is 6.61 Å². The van der Waals surface area contributed by atoms with Gasteiger partial charge in [-0.05, 0) is 0 Å². The third-order valence-electron chi connectivity index (χ3n) is 3.61. The minimum absolute atomic E-state index is 0.00875. The van der Waals surface area contributed by atoms with Crippen LogP contribution < -0.4 is 0 Å². The van der Waals surface area contributed by atoms with Crippen molar-refractivity contribution in [2.75, 3.05) is 85.9 Å². The van der Waals surface area contributed by atoms with Gasteiger partial charge in [-0.2, -0.15) is 0 Å². The lowest BCUT2D eigenvalue weighted by Gasteiger charge is -2.08. The zero-order valence-corrected chi connectivity index (χ0v) is 18.7. The molecule has 13 heteroatoms. The average molecular weight is 482 g/mol. The summed E-state index contributed by atoms with van der Waals surface area (Å²) in [5, 5.41) is 16.8. The second kappa shape index (κ2) is 23.0. The van der Waals surface area contributed by atoms with Crippen LogP contribution in [0.5, 0.6) is 0 Å². The molecule has 0 aliphatic rings. The van der Waals surface area contributed by atoms with Crippen molar-refractivity contribution in [1.29, 1.82) is 0 Å². The lowest BCUT2D eigenvalue weighted by atomic mass is 10.2. The summed E-state index contributed by atoms with van der Waals surface area (Å²) in [4.78, 5) is 42.7. The fourth-order valence-electron chi connectivity index (χ4n) is 1.97. The maximum Gasteiger partial charge on any atom is 0.372 e. The van der Waals surface area contributed by atoms with Crippen molar-refractivity contribution < 1.29 is 62.5 Å². The Hall–Kier alpha value is -2.16. The summed E-state index contributed by atoms with van der Waals surface area (Å²) in [7, 11) is 0. The van der Waals surface area contributed by atoms with Crippen LogP contribution in [0.25, 0.3) is 0 Å². The van der Waals surface area contributed by atoms with Crippen molar-refractivity contribution in [2.45, 2.75) is 19.3 Å². The molecule has 0 unspecified atom stereocenters. The Bertz CT molecular complexity index is 538. The Kier molecular flexibility index (Phi) is 21.5. The first-order valence-corrected chi connectivity index (χ1v) is 10.5. The zero-order valence-electron chi connectivity index (χ0n) is 18.7. The molecule has 0 aliphatic heterocycles. The number of hydrogen-bond acceptors (Lipinski definition) is 11. The van der Waals surface area contributed by atoms with Crippen molar-refractivity contribution in [3.8, 4) is 0 Å². The standard InChI is InChI=1S/C20H34O13/c21-17(20(25)26)1-2-19(24)33-16-15-32-14-13-31-12-11-30-10-9-29-8-7-28-6-5-27-4-3-18(22)23/h1-16H2,(H,22,23)(H,25,26). The van der Waals surface area contributed by atoms with E-state index >= 15 is 0 Å². The van der Waals surface area contributed by atoms with Gasteiger partial charge < -0.3 is 43.4 Å². The molecule has 0 aromatic carbocycles. The van der Waals surface area contributed by atoms with Crippen LogP contribution in [0.3, 0.4) is 0 Å². The number of ketones is 1. The van der Waals surface area contributed by atoms with Crippen LogP contribution in [0.4, 0.5) is 0 Å². The fourth-order valence-corrected chi connectivity index (χ4v) is 1.97. The lowest BCUT2D eigenvalue weighted by Crippen LogP contribution is -2.17. The third-order valence-corrected chi connectivity index (χ3v) is 3.61. The molecule has 0 fully saturated rings. The van der Waals surface area contributed by atoms with Crippen LogP contribution in [0.1, 0.15) is 19.3 Å². The molecule has 2 N–H and O–H groups in total. The van der Waals surface area contributed by atoms with Crippen molar-refractivity contribution in [3.63, 3.8) is 0 Å². The van der Waals surface area contributed by atoms with E-state index in [0.29, 0.717) is 66.1 Å². The maximum absolute atomic E-state index is 11.3. The average Bonchev–Trinajstić information content (AvgIpc) is 2.78. The molecule has 192 valence electrons. The Labute approximate surface area is 192 Å². The van der Waals surface area contributed by atoms with Gasteiger partial charge in [-0.15, -0.1) is 0 Å². The molecule has 0 aliphatic carbocycles. The quantitative estimate of drug-likeness (QED) is 0.0972. The van der Waals surface area contributed by atoms with Crippen molar-refractivity contribution in [2.24, 2.45) is 0 Å². The van der Waals surface area contributed by atoms with Crippen molar-refractivity contribution >= 4 is 23.7 Å². The molecule has 0 amide bonds. The molecule has 33 heavy (non-hydrogen) atoms. The molecule has 0 spiro atoms. The van der Waals surface area contributed by atoms with Gasteiger partial charge in [0.2, 0.25) is 5.78 Å². The highest BCUT2D eigenvalue weighted by atomic mass is 16.6. The highest BCUT2D eigenvalue weighted by Crippen LogP contribution is 1.95. The molecule has 0 aromatic heterocycles. The number of carbonyl (C=O) groups is 4. The van der Waals surface area contributed by atoms with E-state index in [2.05, 4.69) is 0 Å². The molecule has 0 saturated carbocycles. The number of hydrogen-bond donors (Lipinski definition) is 2. The zero-order chi connectivity index (χ0) is 24.6. The summed E-state index contributed by atoms with van der Waals surface area (Å²) in [5.41, 5.74) is 0. The molecule has 0 rings (SSSR count). The molecule has 13 nitrogen and oxygen atoms in total. The highest BCUT2D eigenvalue weighted by Gasteiger charge is 2.14. The number of carboxylic acids is 2. The van der Waals surface area contributed by atoms with E-state index in [4.69, 9.17) is 43.4 Å². The van der Waals surface area contributed by atoms with Crippen LogP contribution in [0.15, 0.2) is 0 Å². The second-order valence-corrected chi connectivity index (χ2v) is 6.27. The Morgan fingerprint density at radius 1 is 0.455 bits per heavy atom. The van der Waals surface area contributed by atoms with Gasteiger partial charge >= 0.3 is 17.9 Å². The van der Waals surface area contributed by atoms with Crippen LogP contribution in [0.2, 0.25) is 0 Å². The van der Waals surface area contributed by atoms with Crippen LogP contribution in [-0.4, -0.2) is 120 Å². The van der Waals surface area contributed by atoms with Crippen LogP contribution in [-0.2, 0) is 52.3 Å².